The highest BCUT2D eigenvalue weighted by atomic mass is 35.5. The van der Waals surface area contributed by atoms with E-state index in [0.29, 0.717) is 6.42 Å². The van der Waals surface area contributed by atoms with E-state index in [0.717, 1.165) is 11.1 Å². The minimum absolute atomic E-state index is 0.196. The fraction of sp³-hybridized carbons (Fsp3) is 0.200. The third kappa shape index (κ3) is 2.57. The number of carbonyl (C=O) groups is 1. The van der Waals surface area contributed by atoms with Crippen molar-refractivity contribution in [2.45, 2.75) is 18.6 Å². The Morgan fingerprint density at radius 2 is 2.19 bits per heavy atom. The van der Waals surface area contributed by atoms with E-state index in [2.05, 4.69) is 10.3 Å². The van der Waals surface area contributed by atoms with Gasteiger partial charge in [-0.1, -0.05) is 35.9 Å². The largest absolute Gasteiger partial charge is 0.397 e. The zero-order chi connectivity index (χ0) is 15.0. The molecule has 1 aromatic heterocycles. The zero-order valence-corrected chi connectivity index (χ0v) is 11.8. The van der Waals surface area contributed by atoms with Crippen molar-refractivity contribution < 1.29 is 9.90 Å². The molecule has 0 bridgehead atoms. The van der Waals surface area contributed by atoms with Crippen LogP contribution >= 0.6 is 11.6 Å². The topological polar surface area (TPSA) is 88.2 Å². The summed E-state index contributed by atoms with van der Waals surface area (Å²) in [5.74, 6) is -0.377. The Balaban J connectivity index is 1.87. The lowest BCUT2D eigenvalue weighted by Gasteiger charge is -2.18. The van der Waals surface area contributed by atoms with E-state index in [-0.39, 0.29) is 22.3 Å². The van der Waals surface area contributed by atoms with E-state index < -0.39 is 12.1 Å². The summed E-state index contributed by atoms with van der Waals surface area (Å²) in [7, 11) is 0. The smallest absolute Gasteiger partial charge is 0.254 e. The van der Waals surface area contributed by atoms with Crippen molar-refractivity contribution in [3.05, 3.63) is 58.4 Å². The number of nitrogens with two attached hydrogens (primary N) is 1. The maximum Gasteiger partial charge on any atom is 0.254 e. The molecule has 0 unspecified atom stereocenters. The van der Waals surface area contributed by atoms with Gasteiger partial charge in [-0.15, -0.1) is 0 Å². The lowest BCUT2D eigenvalue weighted by molar-refractivity contribution is 0.0859. The van der Waals surface area contributed by atoms with Gasteiger partial charge in [-0.25, -0.2) is 4.98 Å². The lowest BCUT2D eigenvalue weighted by Crippen LogP contribution is -2.34. The highest BCUT2D eigenvalue weighted by Crippen LogP contribution is 2.31. The molecule has 0 saturated heterocycles. The molecule has 1 aliphatic rings. The van der Waals surface area contributed by atoms with Gasteiger partial charge < -0.3 is 16.2 Å². The molecule has 4 N–H and O–H groups in total. The van der Waals surface area contributed by atoms with Crippen molar-refractivity contribution in [3.8, 4) is 0 Å². The average molecular weight is 304 g/mol. The summed E-state index contributed by atoms with van der Waals surface area (Å²) in [6, 6.07) is 8.62. The van der Waals surface area contributed by atoms with E-state index in [1.54, 1.807) is 0 Å². The summed E-state index contributed by atoms with van der Waals surface area (Å²) in [5, 5.41) is 13.2. The van der Waals surface area contributed by atoms with Gasteiger partial charge in [0.1, 0.15) is 5.15 Å². The predicted octanol–water partition coefficient (Wildman–Crippen LogP) is 1.71. The molecule has 3 rings (SSSR count). The van der Waals surface area contributed by atoms with Crippen LogP contribution in [-0.2, 0) is 6.42 Å². The number of hydrogen-bond donors (Lipinski definition) is 3. The Kier molecular flexibility index (Phi) is 3.53. The lowest BCUT2D eigenvalue weighted by atomic mass is 10.1. The SMILES string of the molecule is Nc1cnc(Cl)cc1C(=O)N[C@H]1c2ccccc2C[C@H]1O. The van der Waals surface area contributed by atoms with Gasteiger partial charge in [-0.3, -0.25) is 4.79 Å². The number of amides is 1. The van der Waals surface area contributed by atoms with Crippen LogP contribution in [0, 0.1) is 0 Å². The molecule has 1 aromatic carbocycles. The first-order valence-corrected chi connectivity index (χ1v) is 6.92. The number of fused-ring (bicyclic) bond motifs is 1. The number of anilines is 1. The van der Waals surface area contributed by atoms with Gasteiger partial charge in [0.05, 0.1) is 29.6 Å². The maximum absolute atomic E-state index is 12.3. The Morgan fingerprint density at radius 3 is 3.00 bits per heavy atom. The summed E-state index contributed by atoms with van der Waals surface area (Å²) >= 11 is 5.79. The molecular formula is C15H14ClN3O2. The second kappa shape index (κ2) is 5.35. The van der Waals surface area contributed by atoms with E-state index in [1.165, 1.54) is 12.3 Å². The summed E-state index contributed by atoms with van der Waals surface area (Å²) in [6.45, 7) is 0. The molecule has 6 heteroatoms. The number of aliphatic hydroxyl groups is 1. The number of nitrogen functional groups attached to an aromatic ring is 1. The Labute approximate surface area is 126 Å². The van der Waals surface area contributed by atoms with Crippen molar-refractivity contribution in [1.29, 1.82) is 0 Å². The van der Waals surface area contributed by atoms with Crippen LogP contribution in [0.25, 0.3) is 0 Å². The molecule has 0 saturated carbocycles. The number of aliphatic hydroxyl groups excluding tert-OH is 1. The number of benzene rings is 1. The highest BCUT2D eigenvalue weighted by Gasteiger charge is 2.32. The van der Waals surface area contributed by atoms with Crippen LogP contribution in [0.5, 0.6) is 0 Å². The van der Waals surface area contributed by atoms with Crippen molar-refractivity contribution in [1.82, 2.24) is 10.3 Å². The Morgan fingerprint density at radius 1 is 1.43 bits per heavy atom. The van der Waals surface area contributed by atoms with Crippen molar-refractivity contribution >= 4 is 23.2 Å². The number of halogens is 1. The number of pyridine rings is 1. The molecule has 0 aliphatic heterocycles. The van der Waals surface area contributed by atoms with Crippen LogP contribution in [0.4, 0.5) is 5.69 Å². The van der Waals surface area contributed by atoms with Crippen LogP contribution in [0.3, 0.4) is 0 Å². The van der Waals surface area contributed by atoms with E-state index in [1.807, 2.05) is 24.3 Å². The second-order valence-electron chi connectivity index (χ2n) is 5.02. The summed E-state index contributed by atoms with van der Waals surface area (Å²) in [4.78, 5) is 16.2. The highest BCUT2D eigenvalue weighted by molar-refractivity contribution is 6.29. The third-order valence-corrected chi connectivity index (χ3v) is 3.84. The fourth-order valence-corrected chi connectivity index (χ4v) is 2.76. The number of aromatic nitrogens is 1. The zero-order valence-electron chi connectivity index (χ0n) is 11.1. The van der Waals surface area contributed by atoms with Crippen LogP contribution in [0.15, 0.2) is 36.5 Å². The number of rotatable bonds is 2. The molecule has 2 aromatic rings. The maximum atomic E-state index is 12.3. The van der Waals surface area contributed by atoms with Crippen LogP contribution in [0.1, 0.15) is 27.5 Å². The monoisotopic (exact) mass is 303 g/mol. The van der Waals surface area contributed by atoms with Gasteiger partial charge >= 0.3 is 0 Å². The summed E-state index contributed by atoms with van der Waals surface area (Å²) in [5.41, 5.74) is 8.22. The minimum atomic E-state index is -0.648. The molecule has 21 heavy (non-hydrogen) atoms. The molecular weight excluding hydrogens is 290 g/mol. The number of carbonyl (C=O) groups excluding carboxylic acids is 1. The molecule has 5 nitrogen and oxygen atoms in total. The van der Waals surface area contributed by atoms with Gasteiger partial charge in [0.15, 0.2) is 0 Å². The van der Waals surface area contributed by atoms with Crippen molar-refractivity contribution in [2.24, 2.45) is 0 Å². The molecule has 108 valence electrons. The quantitative estimate of drug-likeness (QED) is 0.737. The molecule has 0 spiro atoms. The Hall–Kier alpha value is -2.11. The van der Waals surface area contributed by atoms with Crippen LogP contribution < -0.4 is 11.1 Å². The first-order valence-electron chi connectivity index (χ1n) is 6.54. The molecule has 1 aliphatic carbocycles. The Bertz CT molecular complexity index is 705. The van der Waals surface area contributed by atoms with Gasteiger partial charge in [0, 0.05) is 6.42 Å². The summed E-state index contributed by atoms with van der Waals surface area (Å²) in [6.07, 6.45) is 1.22. The second-order valence-corrected chi connectivity index (χ2v) is 5.40. The molecule has 1 amide bonds. The molecule has 1 heterocycles. The van der Waals surface area contributed by atoms with Gasteiger partial charge in [0.2, 0.25) is 0 Å². The minimum Gasteiger partial charge on any atom is -0.397 e. The molecule has 0 radical (unpaired) electrons. The number of nitrogens with zero attached hydrogens (tertiary/aromatic N) is 1. The standard InChI is InChI=1S/C15H14ClN3O2/c16-13-6-10(11(17)7-18-13)15(21)19-14-9-4-2-1-3-8(9)5-12(14)20/h1-4,6-7,12,14,20H,5,17H2,(H,19,21)/t12-,14+/m1/s1. The van der Waals surface area contributed by atoms with Crippen molar-refractivity contribution in [3.63, 3.8) is 0 Å². The fourth-order valence-electron chi connectivity index (χ4n) is 2.60. The van der Waals surface area contributed by atoms with Gasteiger partial charge in [-0.2, -0.15) is 0 Å². The van der Waals surface area contributed by atoms with Crippen LogP contribution in [-0.4, -0.2) is 22.1 Å². The normalized spacial score (nSPS) is 20.1. The first kappa shape index (κ1) is 13.9. The van der Waals surface area contributed by atoms with E-state index >= 15 is 0 Å². The predicted molar refractivity (Wildman–Crippen MR) is 80.0 cm³/mol. The van der Waals surface area contributed by atoms with Gasteiger partial charge in [-0.05, 0) is 17.2 Å². The number of nitrogens with one attached hydrogen (secondary N) is 1. The first-order chi connectivity index (χ1) is 10.1. The summed E-state index contributed by atoms with van der Waals surface area (Å²) < 4.78 is 0. The van der Waals surface area contributed by atoms with Gasteiger partial charge in [0.25, 0.3) is 5.91 Å². The van der Waals surface area contributed by atoms with E-state index in [9.17, 15) is 9.90 Å². The van der Waals surface area contributed by atoms with Crippen molar-refractivity contribution in [2.75, 3.05) is 5.73 Å². The molecule has 2 atom stereocenters. The van der Waals surface area contributed by atoms with E-state index in [4.69, 9.17) is 17.3 Å². The molecule has 0 fully saturated rings. The third-order valence-electron chi connectivity index (χ3n) is 3.64. The van der Waals surface area contributed by atoms with Crippen LogP contribution in [0.2, 0.25) is 5.15 Å². The number of hydrogen-bond acceptors (Lipinski definition) is 4. The average Bonchev–Trinajstić information content (AvgIpc) is 2.78.